The number of nitrogens with two attached hydrogens (primary N) is 1. The zero-order chi connectivity index (χ0) is 11.0. The molecule has 2 aliphatic heterocycles. The molecule has 0 bridgehead atoms. The van der Waals surface area contributed by atoms with Crippen molar-refractivity contribution in [1.82, 2.24) is 10.3 Å². The van der Waals surface area contributed by atoms with Crippen LogP contribution < -0.4 is 16.0 Å². The highest BCUT2D eigenvalue weighted by molar-refractivity contribution is 5.49. The number of nitrogens with one attached hydrogen (secondary N) is 1. The summed E-state index contributed by atoms with van der Waals surface area (Å²) in [5.41, 5.74) is 7.17. The number of aromatic nitrogens is 1. The zero-order valence-corrected chi connectivity index (χ0v) is 9.45. The molecule has 4 nitrogen and oxygen atoms in total. The molecular weight excluding hydrogens is 200 g/mol. The first-order valence-electron chi connectivity index (χ1n) is 5.99. The molecule has 1 aromatic rings. The molecular formula is C12H18N4. The number of nitrogens with zero attached hydrogens (tertiary/aromatic N) is 2. The Kier molecular flexibility index (Phi) is 2.24. The third-order valence-corrected chi connectivity index (χ3v) is 3.82. The van der Waals surface area contributed by atoms with Gasteiger partial charge < -0.3 is 16.0 Å². The largest absolute Gasteiger partial charge is 0.384 e. The third-order valence-electron chi connectivity index (χ3n) is 3.82. The van der Waals surface area contributed by atoms with Gasteiger partial charge in [-0.2, -0.15) is 0 Å². The van der Waals surface area contributed by atoms with E-state index in [1.54, 1.807) is 0 Å². The van der Waals surface area contributed by atoms with Gasteiger partial charge in [-0.3, -0.25) is 0 Å². The highest BCUT2D eigenvalue weighted by Gasteiger charge is 2.39. The monoisotopic (exact) mass is 218 g/mol. The Labute approximate surface area is 95.8 Å². The van der Waals surface area contributed by atoms with Crippen LogP contribution >= 0.6 is 0 Å². The van der Waals surface area contributed by atoms with Crippen LogP contribution in [0, 0.1) is 0 Å². The fourth-order valence-corrected chi connectivity index (χ4v) is 2.89. The van der Waals surface area contributed by atoms with Crippen LogP contribution in [0.5, 0.6) is 0 Å². The molecule has 2 saturated heterocycles. The van der Waals surface area contributed by atoms with Gasteiger partial charge in [0, 0.05) is 18.6 Å². The van der Waals surface area contributed by atoms with Gasteiger partial charge in [-0.1, -0.05) is 0 Å². The summed E-state index contributed by atoms with van der Waals surface area (Å²) in [5.74, 6) is 0.594. The van der Waals surface area contributed by atoms with Gasteiger partial charge in [0.2, 0.25) is 0 Å². The highest BCUT2D eigenvalue weighted by Crippen LogP contribution is 2.32. The van der Waals surface area contributed by atoms with Crippen LogP contribution in [-0.4, -0.2) is 30.2 Å². The van der Waals surface area contributed by atoms with Gasteiger partial charge in [0.1, 0.15) is 5.82 Å². The van der Waals surface area contributed by atoms with Crippen molar-refractivity contribution in [3.8, 4) is 0 Å². The summed E-state index contributed by atoms with van der Waals surface area (Å²) in [6.07, 6.45) is 5.75. The van der Waals surface area contributed by atoms with E-state index in [4.69, 9.17) is 5.73 Å². The summed E-state index contributed by atoms with van der Waals surface area (Å²) in [5, 5.41) is 3.66. The Morgan fingerprint density at radius 2 is 2.31 bits per heavy atom. The normalized spacial score (nSPS) is 29.1. The maximum atomic E-state index is 5.60. The molecule has 1 atom stereocenters. The molecule has 3 heterocycles. The first-order valence-corrected chi connectivity index (χ1v) is 5.99. The van der Waals surface area contributed by atoms with Gasteiger partial charge in [-0.05, 0) is 37.9 Å². The minimum absolute atomic E-state index is 0.376. The molecule has 1 spiro atoms. The van der Waals surface area contributed by atoms with E-state index in [2.05, 4.69) is 21.3 Å². The van der Waals surface area contributed by atoms with Gasteiger partial charge in [0.15, 0.2) is 0 Å². The lowest BCUT2D eigenvalue weighted by molar-refractivity contribution is 0.419. The summed E-state index contributed by atoms with van der Waals surface area (Å²) < 4.78 is 0. The Bertz CT molecular complexity index is 367. The molecule has 2 fully saturated rings. The molecule has 0 amide bonds. The number of pyridine rings is 1. The van der Waals surface area contributed by atoms with E-state index in [1.165, 1.54) is 31.5 Å². The predicted molar refractivity (Wildman–Crippen MR) is 65.4 cm³/mol. The first-order chi connectivity index (χ1) is 7.77. The average Bonchev–Trinajstić information content (AvgIpc) is 2.91. The summed E-state index contributed by atoms with van der Waals surface area (Å²) >= 11 is 0. The predicted octanol–water partition coefficient (Wildman–Crippen LogP) is 0.996. The molecule has 3 rings (SSSR count). The van der Waals surface area contributed by atoms with Gasteiger partial charge in [-0.25, -0.2) is 4.98 Å². The van der Waals surface area contributed by atoms with Gasteiger partial charge in [0.25, 0.3) is 0 Å². The average molecular weight is 218 g/mol. The van der Waals surface area contributed by atoms with Crippen molar-refractivity contribution in [1.29, 1.82) is 0 Å². The van der Waals surface area contributed by atoms with Crippen LogP contribution in [-0.2, 0) is 0 Å². The van der Waals surface area contributed by atoms with Crippen LogP contribution in [0.15, 0.2) is 18.3 Å². The minimum Gasteiger partial charge on any atom is -0.384 e. The summed E-state index contributed by atoms with van der Waals surface area (Å²) in [6, 6.07) is 3.94. The second-order valence-corrected chi connectivity index (χ2v) is 4.92. The standard InChI is InChI=1S/C12H18N4/c13-11-3-2-10(8-14-11)16-7-5-12(9-16)4-1-6-15-12/h2-3,8,15H,1,4-7,9H2,(H2,13,14). The van der Waals surface area contributed by atoms with Crippen molar-refractivity contribution in [2.75, 3.05) is 30.3 Å². The molecule has 3 N–H and O–H groups in total. The van der Waals surface area contributed by atoms with Crippen molar-refractivity contribution in [3.63, 3.8) is 0 Å². The van der Waals surface area contributed by atoms with Crippen molar-refractivity contribution in [3.05, 3.63) is 18.3 Å². The molecule has 4 heteroatoms. The maximum Gasteiger partial charge on any atom is 0.123 e. The van der Waals surface area contributed by atoms with Crippen LogP contribution in [0.25, 0.3) is 0 Å². The van der Waals surface area contributed by atoms with E-state index in [0.717, 1.165) is 13.1 Å². The Morgan fingerprint density at radius 1 is 1.38 bits per heavy atom. The number of hydrogen-bond acceptors (Lipinski definition) is 4. The van der Waals surface area contributed by atoms with Gasteiger partial charge in [0.05, 0.1) is 11.9 Å². The SMILES string of the molecule is Nc1ccc(N2CCC3(CCCN3)C2)cn1. The Hall–Kier alpha value is -1.29. The number of anilines is 2. The Balaban J connectivity index is 1.75. The van der Waals surface area contributed by atoms with E-state index >= 15 is 0 Å². The van der Waals surface area contributed by atoms with E-state index in [1.807, 2.05) is 12.3 Å². The molecule has 1 unspecified atom stereocenters. The smallest absolute Gasteiger partial charge is 0.123 e. The second-order valence-electron chi connectivity index (χ2n) is 4.92. The van der Waals surface area contributed by atoms with E-state index < -0.39 is 0 Å². The van der Waals surface area contributed by atoms with Crippen LogP contribution in [0.1, 0.15) is 19.3 Å². The second kappa shape index (κ2) is 3.63. The molecule has 0 aliphatic carbocycles. The van der Waals surface area contributed by atoms with Crippen LogP contribution in [0.2, 0.25) is 0 Å². The lowest BCUT2D eigenvalue weighted by atomic mass is 9.97. The quantitative estimate of drug-likeness (QED) is 0.738. The van der Waals surface area contributed by atoms with E-state index in [0.29, 0.717) is 11.4 Å². The molecule has 0 radical (unpaired) electrons. The maximum absolute atomic E-state index is 5.60. The van der Waals surface area contributed by atoms with Crippen molar-refractivity contribution >= 4 is 11.5 Å². The number of rotatable bonds is 1. The van der Waals surface area contributed by atoms with Crippen molar-refractivity contribution < 1.29 is 0 Å². The molecule has 1 aromatic heterocycles. The molecule has 16 heavy (non-hydrogen) atoms. The van der Waals surface area contributed by atoms with E-state index in [-0.39, 0.29) is 0 Å². The Morgan fingerprint density at radius 3 is 3.00 bits per heavy atom. The lowest BCUT2D eigenvalue weighted by Gasteiger charge is -2.25. The highest BCUT2D eigenvalue weighted by atomic mass is 15.2. The topological polar surface area (TPSA) is 54.2 Å². The number of nitrogen functional groups attached to an aromatic ring is 1. The molecule has 86 valence electrons. The third kappa shape index (κ3) is 1.63. The summed E-state index contributed by atoms with van der Waals surface area (Å²) in [6.45, 7) is 3.41. The molecule has 0 aromatic carbocycles. The van der Waals surface area contributed by atoms with Crippen molar-refractivity contribution in [2.24, 2.45) is 0 Å². The zero-order valence-electron chi connectivity index (χ0n) is 9.45. The first kappa shape index (κ1) is 9.90. The summed E-state index contributed by atoms with van der Waals surface area (Å²) in [4.78, 5) is 6.56. The minimum atomic E-state index is 0.376. The van der Waals surface area contributed by atoms with E-state index in [9.17, 15) is 0 Å². The molecule has 0 saturated carbocycles. The van der Waals surface area contributed by atoms with Crippen LogP contribution in [0.4, 0.5) is 11.5 Å². The van der Waals surface area contributed by atoms with Crippen LogP contribution in [0.3, 0.4) is 0 Å². The fourth-order valence-electron chi connectivity index (χ4n) is 2.89. The lowest BCUT2D eigenvalue weighted by Crippen LogP contribution is -2.42. The fraction of sp³-hybridized carbons (Fsp3) is 0.583. The number of hydrogen-bond donors (Lipinski definition) is 2. The van der Waals surface area contributed by atoms with Crippen molar-refractivity contribution in [2.45, 2.75) is 24.8 Å². The van der Waals surface area contributed by atoms with Gasteiger partial charge >= 0.3 is 0 Å². The summed E-state index contributed by atoms with van der Waals surface area (Å²) in [7, 11) is 0. The van der Waals surface area contributed by atoms with Gasteiger partial charge in [-0.15, -0.1) is 0 Å². The molecule has 2 aliphatic rings.